The molecule has 0 aliphatic rings. The molecule has 0 radical (unpaired) electrons. The Hall–Kier alpha value is -2.64. The van der Waals surface area contributed by atoms with Crippen molar-refractivity contribution in [3.63, 3.8) is 0 Å². The fourth-order valence-corrected chi connectivity index (χ4v) is 4.63. The Kier molecular flexibility index (Phi) is 6.95. The highest BCUT2D eigenvalue weighted by atomic mass is 79.9. The fourth-order valence-electron chi connectivity index (χ4n) is 2.95. The van der Waals surface area contributed by atoms with Crippen LogP contribution in [0.2, 0.25) is 0 Å². The summed E-state index contributed by atoms with van der Waals surface area (Å²) >= 11 is 3.36. The van der Waals surface area contributed by atoms with Crippen LogP contribution in [0.4, 0.5) is 5.69 Å². The van der Waals surface area contributed by atoms with E-state index in [2.05, 4.69) is 21.2 Å². The van der Waals surface area contributed by atoms with Crippen LogP contribution in [-0.4, -0.2) is 20.9 Å². The summed E-state index contributed by atoms with van der Waals surface area (Å²) in [6.45, 7) is 3.88. The fraction of sp³-hybridized carbons (Fsp3) is 0.174. The second-order valence-corrected chi connectivity index (χ2v) is 9.78. The van der Waals surface area contributed by atoms with E-state index >= 15 is 0 Å². The van der Waals surface area contributed by atoms with E-state index in [0.29, 0.717) is 12.2 Å². The molecular weight excluding hydrogens is 464 g/mol. The Bertz CT molecular complexity index is 1130. The lowest BCUT2D eigenvalue weighted by Crippen LogP contribution is -2.40. The number of anilines is 1. The van der Waals surface area contributed by atoms with Crippen molar-refractivity contribution in [1.82, 2.24) is 5.32 Å². The molecule has 0 fully saturated rings. The molecule has 0 saturated carbocycles. The van der Waals surface area contributed by atoms with Gasteiger partial charge in [0.1, 0.15) is 6.54 Å². The number of amides is 1. The molecule has 1 N–H and O–H groups in total. The van der Waals surface area contributed by atoms with Crippen LogP contribution >= 0.6 is 15.9 Å². The van der Waals surface area contributed by atoms with Gasteiger partial charge in [-0.25, -0.2) is 8.42 Å². The average molecular weight is 487 g/mol. The van der Waals surface area contributed by atoms with Crippen molar-refractivity contribution >= 4 is 37.5 Å². The molecule has 0 heterocycles. The van der Waals surface area contributed by atoms with Crippen LogP contribution in [0.15, 0.2) is 82.2 Å². The standard InChI is InChI=1S/C23H23BrN2O3S/c1-17-7-13-22(14-8-17)30(28,29)26(21-11-9-20(24)10-12-21)16-23(27)25-15-19-6-4-3-5-18(19)2/h3-14H,15-16H2,1-2H3,(H,25,27). The topological polar surface area (TPSA) is 66.5 Å². The smallest absolute Gasteiger partial charge is 0.264 e. The molecule has 0 aromatic heterocycles. The zero-order valence-electron chi connectivity index (χ0n) is 16.8. The van der Waals surface area contributed by atoms with E-state index in [0.717, 1.165) is 25.5 Å². The van der Waals surface area contributed by atoms with Gasteiger partial charge in [-0.15, -0.1) is 0 Å². The summed E-state index contributed by atoms with van der Waals surface area (Å²) in [6, 6.07) is 21.2. The highest BCUT2D eigenvalue weighted by Gasteiger charge is 2.27. The molecule has 0 bridgehead atoms. The Morgan fingerprint density at radius 2 is 1.57 bits per heavy atom. The second kappa shape index (κ2) is 9.45. The summed E-state index contributed by atoms with van der Waals surface area (Å²) < 4.78 is 28.6. The summed E-state index contributed by atoms with van der Waals surface area (Å²) in [5.74, 6) is -0.378. The van der Waals surface area contributed by atoms with E-state index in [9.17, 15) is 13.2 Å². The maximum absolute atomic E-state index is 13.3. The van der Waals surface area contributed by atoms with Gasteiger partial charge in [-0.3, -0.25) is 9.10 Å². The molecule has 0 aliphatic heterocycles. The Morgan fingerprint density at radius 3 is 2.20 bits per heavy atom. The van der Waals surface area contributed by atoms with Gasteiger partial charge in [0, 0.05) is 11.0 Å². The minimum Gasteiger partial charge on any atom is -0.350 e. The molecule has 0 saturated heterocycles. The highest BCUT2D eigenvalue weighted by Crippen LogP contribution is 2.25. The van der Waals surface area contributed by atoms with E-state index in [1.54, 1.807) is 48.5 Å². The van der Waals surface area contributed by atoms with Crippen LogP contribution in [0, 0.1) is 13.8 Å². The molecule has 1 amide bonds. The number of benzene rings is 3. The molecule has 3 aromatic rings. The van der Waals surface area contributed by atoms with Crippen LogP contribution in [0.1, 0.15) is 16.7 Å². The predicted octanol–water partition coefficient (Wildman–Crippen LogP) is 4.58. The number of nitrogens with one attached hydrogen (secondary N) is 1. The van der Waals surface area contributed by atoms with E-state index < -0.39 is 10.0 Å². The summed E-state index contributed by atoms with van der Waals surface area (Å²) in [4.78, 5) is 12.8. The Balaban J connectivity index is 1.86. The first-order valence-corrected chi connectivity index (χ1v) is 11.7. The van der Waals surface area contributed by atoms with Crippen LogP contribution in [-0.2, 0) is 21.4 Å². The number of carbonyl (C=O) groups excluding carboxylic acids is 1. The molecule has 5 nitrogen and oxygen atoms in total. The lowest BCUT2D eigenvalue weighted by Gasteiger charge is -2.24. The summed E-state index contributed by atoms with van der Waals surface area (Å²) in [5, 5.41) is 2.83. The summed E-state index contributed by atoms with van der Waals surface area (Å²) in [7, 11) is -3.91. The van der Waals surface area contributed by atoms with Crippen LogP contribution in [0.25, 0.3) is 0 Å². The van der Waals surface area contributed by atoms with Crippen LogP contribution in [0.3, 0.4) is 0 Å². The van der Waals surface area contributed by atoms with Gasteiger partial charge in [0.05, 0.1) is 10.6 Å². The van der Waals surface area contributed by atoms with Crippen molar-refractivity contribution in [2.45, 2.75) is 25.3 Å². The normalized spacial score (nSPS) is 11.2. The van der Waals surface area contributed by atoms with Gasteiger partial charge in [0.15, 0.2) is 0 Å². The van der Waals surface area contributed by atoms with E-state index in [-0.39, 0.29) is 17.3 Å². The Morgan fingerprint density at radius 1 is 0.933 bits per heavy atom. The maximum Gasteiger partial charge on any atom is 0.264 e. The van der Waals surface area contributed by atoms with Crippen LogP contribution < -0.4 is 9.62 Å². The van der Waals surface area contributed by atoms with Crippen molar-refractivity contribution in [2.75, 3.05) is 10.8 Å². The van der Waals surface area contributed by atoms with Crippen molar-refractivity contribution in [3.8, 4) is 0 Å². The number of sulfonamides is 1. The summed E-state index contributed by atoms with van der Waals surface area (Å²) in [6.07, 6.45) is 0. The molecule has 0 aliphatic carbocycles. The van der Waals surface area contributed by atoms with E-state index in [4.69, 9.17) is 0 Å². The number of halogens is 1. The third-order valence-corrected chi connectivity index (χ3v) is 7.06. The van der Waals surface area contributed by atoms with Gasteiger partial charge in [0.2, 0.25) is 5.91 Å². The van der Waals surface area contributed by atoms with E-state index in [1.165, 1.54) is 0 Å². The minimum atomic E-state index is -3.91. The quantitative estimate of drug-likeness (QED) is 0.531. The van der Waals surface area contributed by atoms with Gasteiger partial charge in [-0.2, -0.15) is 0 Å². The van der Waals surface area contributed by atoms with Gasteiger partial charge >= 0.3 is 0 Å². The molecule has 3 aromatic carbocycles. The van der Waals surface area contributed by atoms with Crippen molar-refractivity contribution < 1.29 is 13.2 Å². The minimum absolute atomic E-state index is 0.141. The molecule has 3 rings (SSSR count). The van der Waals surface area contributed by atoms with E-state index in [1.807, 2.05) is 38.1 Å². The lowest BCUT2D eigenvalue weighted by molar-refractivity contribution is -0.119. The molecule has 7 heteroatoms. The van der Waals surface area contributed by atoms with Crippen molar-refractivity contribution in [3.05, 3.63) is 94.0 Å². The summed E-state index contributed by atoms with van der Waals surface area (Å²) in [5.41, 5.74) is 3.43. The number of hydrogen-bond donors (Lipinski definition) is 1. The first kappa shape index (κ1) is 22.1. The first-order chi connectivity index (χ1) is 14.3. The average Bonchev–Trinajstić information content (AvgIpc) is 2.72. The van der Waals surface area contributed by atoms with Gasteiger partial charge in [-0.05, 0) is 61.4 Å². The number of nitrogens with zero attached hydrogens (tertiary/aromatic N) is 1. The highest BCUT2D eigenvalue weighted by molar-refractivity contribution is 9.10. The third kappa shape index (κ3) is 5.29. The number of carbonyl (C=O) groups is 1. The zero-order valence-corrected chi connectivity index (χ0v) is 19.2. The lowest BCUT2D eigenvalue weighted by atomic mass is 10.1. The van der Waals surface area contributed by atoms with Gasteiger partial charge in [-0.1, -0.05) is 57.9 Å². The molecule has 0 atom stereocenters. The largest absolute Gasteiger partial charge is 0.350 e. The zero-order chi connectivity index (χ0) is 21.7. The Labute approximate surface area is 185 Å². The maximum atomic E-state index is 13.3. The molecular formula is C23H23BrN2O3S. The van der Waals surface area contributed by atoms with Crippen molar-refractivity contribution in [1.29, 1.82) is 0 Å². The first-order valence-electron chi connectivity index (χ1n) is 9.43. The molecule has 30 heavy (non-hydrogen) atoms. The third-order valence-electron chi connectivity index (χ3n) is 4.75. The van der Waals surface area contributed by atoms with Crippen molar-refractivity contribution in [2.24, 2.45) is 0 Å². The van der Waals surface area contributed by atoms with Gasteiger partial charge in [0.25, 0.3) is 10.0 Å². The van der Waals surface area contributed by atoms with Gasteiger partial charge < -0.3 is 5.32 Å². The number of rotatable bonds is 7. The number of hydrogen-bond acceptors (Lipinski definition) is 3. The molecule has 0 unspecified atom stereocenters. The van der Waals surface area contributed by atoms with Crippen LogP contribution in [0.5, 0.6) is 0 Å². The predicted molar refractivity (Wildman–Crippen MR) is 123 cm³/mol. The monoisotopic (exact) mass is 486 g/mol. The number of aryl methyl sites for hydroxylation is 2. The molecule has 0 spiro atoms. The SMILES string of the molecule is Cc1ccc(S(=O)(=O)N(CC(=O)NCc2ccccc2C)c2ccc(Br)cc2)cc1. The second-order valence-electron chi connectivity index (χ2n) is 7.00. The molecule has 156 valence electrons.